The fourth-order valence-electron chi connectivity index (χ4n) is 2.67. The Labute approximate surface area is 147 Å². The molecule has 1 atom stereocenters. The average Bonchev–Trinajstić information content (AvgIpc) is 2.60. The Hall–Kier alpha value is -1.99. The maximum absolute atomic E-state index is 13.7. The molecular formula is C18H26FN3O3. The molecule has 6 nitrogen and oxygen atoms in total. The van der Waals surface area contributed by atoms with E-state index in [4.69, 9.17) is 4.74 Å². The molecule has 1 aliphatic rings. The summed E-state index contributed by atoms with van der Waals surface area (Å²) in [6.45, 7) is 8.05. The number of morpholine rings is 1. The van der Waals surface area contributed by atoms with Gasteiger partial charge < -0.3 is 15.4 Å². The lowest BCUT2D eigenvalue weighted by atomic mass is 10.0. The van der Waals surface area contributed by atoms with Crippen molar-refractivity contribution < 1.29 is 18.7 Å². The highest BCUT2D eigenvalue weighted by Crippen LogP contribution is 2.09. The van der Waals surface area contributed by atoms with Gasteiger partial charge in [-0.2, -0.15) is 0 Å². The Morgan fingerprint density at radius 1 is 1.24 bits per heavy atom. The smallest absolute Gasteiger partial charge is 0.254 e. The lowest BCUT2D eigenvalue weighted by Crippen LogP contribution is -2.51. The minimum absolute atomic E-state index is 0.0609. The van der Waals surface area contributed by atoms with Gasteiger partial charge in [0.15, 0.2) is 0 Å². The molecule has 0 bridgehead atoms. The molecule has 1 saturated heterocycles. The van der Waals surface area contributed by atoms with E-state index in [1.54, 1.807) is 6.07 Å². The van der Waals surface area contributed by atoms with Crippen molar-refractivity contribution in [3.05, 3.63) is 35.6 Å². The monoisotopic (exact) mass is 351 g/mol. The van der Waals surface area contributed by atoms with Gasteiger partial charge in [-0.1, -0.05) is 26.0 Å². The first kappa shape index (κ1) is 19.3. The van der Waals surface area contributed by atoms with Gasteiger partial charge in [0, 0.05) is 26.2 Å². The molecule has 0 aliphatic carbocycles. The van der Waals surface area contributed by atoms with E-state index in [1.165, 1.54) is 18.2 Å². The second-order valence-corrected chi connectivity index (χ2v) is 6.42. The zero-order valence-electron chi connectivity index (χ0n) is 14.8. The van der Waals surface area contributed by atoms with E-state index in [2.05, 4.69) is 15.5 Å². The van der Waals surface area contributed by atoms with Gasteiger partial charge in [0.25, 0.3) is 5.91 Å². The van der Waals surface area contributed by atoms with Crippen LogP contribution in [-0.4, -0.2) is 62.1 Å². The van der Waals surface area contributed by atoms with Gasteiger partial charge in [-0.05, 0) is 18.1 Å². The zero-order chi connectivity index (χ0) is 18.2. The first-order chi connectivity index (χ1) is 12.0. The maximum Gasteiger partial charge on any atom is 0.254 e. The Bertz CT molecular complexity index is 589. The van der Waals surface area contributed by atoms with Crippen LogP contribution < -0.4 is 10.6 Å². The third-order valence-corrected chi connectivity index (χ3v) is 4.19. The number of hydrogen-bond donors (Lipinski definition) is 2. The number of hydrogen-bond acceptors (Lipinski definition) is 4. The number of benzene rings is 1. The van der Waals surface area contributed by atoms with Crippen molar-refractivity contribution in [1.29, 1.82) is 0 Å². The van der Waals surface area contributed by atoms with Crippen molar-refractivity contribution in [2.24, 2.45) is 5.92 Å². The van der Waals surface area contributed by atoms with E-state index in [0.29, 0.717) is 19.8 Å². The molecule has 2 N–H and O–H groups in total. The number of carbonyl (C=O) groups is 2. The first-order valence-electron chi connectivity index (χ1n) is 8.62. The number of carbonyl (C=O) groups excluding carboxylic acids is 2. The third kappa shape index (κ3) is 5.79. The number of nitrogens with zero attached hydrogens (tertiary/aromatic N) is 1. The summed E-state index contributed by atoms with van der Waals surface area (Å²) in [7, 11) is 0. The highest BCUT2D eigenvalue weighted by atomic mass is 19.1. The molecule has 0 aromatic heterocycles. The maximum atomic E-state index is 13.7. The van der Waals surface area contributed by atoms with Crippen LogP contribution >= 0.6 is 0 Å². The summed E-state index contributed by atoms with van der Waals surface area (Å²) in [5.41, 5.74) is -0.0609. The molecule has 1 heterocycles. The second kappa shape index (κ2) is 9.48. The summed E-state index contributed by atoms with van der Waals surface area (Å²) in [5, 5.41) is 5.49. The third-order valence-electron chi connectivity index (χ3n) is 4.19. The predicted octanol–water partition coefficient (Wildman–Crippen LogP) is 1.03. The van der Waals surface area contributed by atoms with Crippen LogP contribution in [0.3, 0.4) is 0 Å². The Morgan fingerprint density at radius 3 is 2.56 bits per heavy atom. The van der Waals surface area contributed by atoms with Crippen LogP contribution in [0.4, 0.5) is 4.39 Å². The molecule has 0 spiro atoms. The zero-order valence-corrected chi connectivity index (χ0v) is 14.8. The number of rotatable bonds is 7. The van der Waals surface area contributed by atoms with Gasteiger partial charge in [0.1, 0.15) is 11.9 Å². The van der Waals surface area contributed by atoms with Crippen molar-refractivity contribution in [2.45, 2.75) is 19.9 Å². The van der Waals surface area contributed by atoms with Crippen LogP contribution in [0.15, 0.2) is 24.3 Å². The quantitative estimate of drug-likeness (QED) is 0.770. The lowest BCUT2D eigenvalue weighted by molar-refractivity contribution is -0.124. The van der Waals surface area contributed by atoms with Gasteiger partial charge in [-0.3, -0.25) is 14.5 Å². The van der Waals surface area contributed by atoms with E-state index in [9.17, 15) is 14.0 Å². The van der Waals surface area contributed by atoms with Crippen molar-refractivity contribution in [3.63, 3.8) is 0 Å². The van der Waals surface area contributed by atoms with Gasteiger partial charge >= 0.3 is 0 Å². The summed E-state index contributed by atoms with van der Waals surface area (Å²) in [5.74, 6) is -1.55. The summed E-state index contributed by atoms with van der Waals surface area (Å²) >= 11 is 0. The summed E-state index contributed by atoms with van der Waals surface area (Å²) in [4.78, 5) is 26.9. The molecule has 2 rings (SSSR count). The number of ether oxygens (including phenoxy) is 1. The molecule has 0 saturated carbocycles. The van der Waals surface area contributed by atoms with Crippen LogP contribution in [0, 0.1) is 11.7 Å². The van der Waals surface area contributed by atoms with Crippen LogP contribution in [0.25, 0.3) is 0 Å². The fourth-order valence-corrected chi connectivity index (χ4v) is 2.67. The molecule has 2 amide bonds. The van der Waals surface area contributed by atoms with Crippen molar-refractivity contribution in [3.8, 4) is 0 Å². The van der Waals surface area contributed by atoms with Crippen LogP contribution in [0.5, 0.6) is 0 Å². The second-order valence-electron chi connectivity index (χ2n) is 6.42. The molecule has 7 heteroatoms. The summed E-state index contributed by atoms with van der Waals surface area (Å²) in [6, 6.07) is 5.02. The summed E-state index contributed by atoms with van der Waals surface area (Å²) < 4.78 is 19.0. The fraction of sp³-hybridized carbons (Fsp3) is 0.556. The molecule has 1 aliphatic heterocycles. The van der Waals surface area contributed by atoms with E-state index in [1.807, 2.05) is 13.8 Å². The van der Waals surface area contributed by atoms with Crippen molar-refractivity contribution in [2.75, 3.05) is 39.4 Å². The number of amides is 2. The highest BCUT2D eigenvalue weighted by Gasteiger charge is 2.25. The first-order valence-corrected chi connectivity index (χ1v) is 8.62. The topological polar surface area (TPSA) is 70.7 Å². The Morgan fingerprint density at radius 2 is 1.92 bits per heavy atom. The van der Waals surface area contributed by atoms with Crippen LogP contribution in [0.2, 0.25) is 0 Å². The van der Waals surface area contributed by atoms with Gasteiger partial charge in [0.05, 0.1) is 18.8 Å². The average molecular weight is 351 g/mol. The molecule has 1 unspecified atom stereocenters. The lowest BCUT2D eigenvalue weighted by Gasteiger charge is -2.27. The van der Waals surface area contributed by atoms with E-state index in [0.717, 1.165) is 19.6 Å². The Balaban J connectivity index is 1.87. The normalized spacial score (nSPS) is 16.5. The van der Waals surface area contributed by atoms with Crippen molar-refractivity contribution in [1.82, 2.24) is 15.5 Å². The van der Waals surface area contributed by atoms with Crippen LogP contribution in [0.1, 0.15) is 24.2 Å². The van der Waals surface area contributed by atoms with Gasteiger partial charge in [0.2, 0.25) is 5.91 Å². The minimum Gasteiger partial charge on any atom is -0.379 e. The Kier molecular flexibility index (Phi) is 7.33. The molecule has 0 radical (unpaired) electrons. The molecule has 1 aromatic rings. The predicted molar refractivity (Wildman–Crippen MR) is 92.8 cm³/mol. The highest BCUT2D eigenvalue weighted by molar-refractivity contribution is 5.97. The van der Waals surface area contributed by atoms with Crippen LogP contribution in [-0.2, 0) is 9.53 Å². The summed E-state index contributed by atoms with van der Waals surface area (Å²) in [6.07, 6.45) is 0. The molecule has 1 fully saturated rings. The van der Waals surface area contributed by atoms with Gasteiger partial charge in [-0.15, -0.1) is 0 Å². The standard InChI is InChI=1S/C18H26FN3O3/c1-13(2)16(21-17(23)14-5-3-4-6-15(14)19)18(24)20-7-8-22-9-11-25-12-10-22/h3-6,13,16H,7-12H2,1-2H3,(H,20,24)(H,21,23). The van der Waals surface area contributed by atoms with Gasteiger partial charge in [-0.25, -0.2) is 4.39 Å². The van der Waals surface area contributed by atoms with Crippen molar-refractivity contribution >= 4 is 11.8 Å². The van der Waals surface area contributed by atoms with E-state index in [-0.39, 0.29) is 17.4 Å². The minimum atomic E-state index is -0.711. The molecular weight excluding hydrogens is 325 g/mol. The SMILES string of the molecule is CC(C)C(NC(=O)c1ccccc1F)C(=O)NCCN1CCOCC1. The van der Waals surface area contributed by atoms with E-state index < -0.39 is 17.8 Å². The molecule has 1 aromatic carbocycles. The largest absolute Gasteiger partial charge is 0.379 e. The number of nitrogens with one attached hydrogen (secondary N) is 2. The van der Waals surface area contributed by atoms with E-state index >= 15 is 0 Å². The molecule has 25 heavy (non-hydrogen) atoms. The number of halogens is 1. The molecule has 138 valence electrons.